The molecule has 1 aromatic carbocycles. The second kappa shape index (κ2) is 7.38. The topological polar surface area (TPSA) is 67.6 Å². The summed E-state index contributed by atoms with van der Waals surface area (Å²) >= 11 is 0. The van der Waals surface area contributed by atoms with E-state index in [1.54, 1.807) is 11.9 Å². The number of para-hydroxylation sites is 2. The SMILES string of the molecule is Cc1cc(CN(C)C(=O)Nc2ccccc2OC2CCCC2)no1. The van der Waals surface area contributed by atoms with Crippen molar-refractivity contribution in [3.8, 4) is 5.75 Å². The molecule has 0 bridgehead atoms. The molecule has 2 amide bonds. The van der Waals surface area contributed by atoms with Crippen LogP contribution in [0, 0.1) is 6.92 Å². The molecule has 1 fully saturated rings. The molecule has 0 spiro atoms. The van der Waals surface area contributed by atoms with Gasteiger partial charge in [-0.2, -0.15) is 0 Å². The lowest BCUT2D eigenvalue weighted by atomic mass is 10.2. The van der Waals surface area contributed by atoms with Gasteiger partial charge in [-0.05, 0) is 44.7 Å². The van der Waals surface area contributed by atoms with Crippen LogP contribution in [0.1, 0.15) is 37.1 Å². The standard InChI is InChI=1S/C18H23N3O3/c1-13-11-14(20-24-13)12-21(2)18(22)19-16-9-5-6-10-17(16)23-15-7-3-4-8-15/h5-6,9-11,15H,3-4,7-8,12H2,1-2H3,(H,19,22). The van der Waals surface area contributed by atoms with Gasteiger partial charge in [0.05, 0.1) is 18.3 Å². The van der Waals surface area contributed by atoms with E-state index in [1.807, 2.05) is 37.3 Å². The number of ether oxygens (including phenoxy) is 1. The molecule has 2 aromatic rings. The highest BCUT2D eigenvalue weighted by Crippen LogP contribution is 2.29. The Bertz CT molecular complexity index is 692. The average molecular weight is 329 g/mol. The van der Waals surface area contributed by atoms with E-state index < -0.39 is 0 Å². The van der Waals surface area contributed by atoms with Crippen LogP contribution in [0.25, 0.3) is 0 Å². The first-order valence-electron chi connectivity index (χ1n) is 8.32. The number of amides is 2. The van der Waals surface area contributed by atoms with E-state index in [-0.39, 0.29) is 12.1 Å². The number of hydrogen-bond acceptors (Lipinski definition) is 4. The molecule has 0 aliphatic heterocycles. The van der Waals surface area contributed by atoms with Crippen LogP contribution in [0.3, 0.4) is 0 Å². The van der Waals surface area contributed by atoms with Crippen LogP contribution in [0.2, 0.25) is 0 Å². The Morgan fingerprint density at radius 2 is 2.12 bits per heavy atom. The highest BCUT2D eigenvalue weighted by molar-refractivity contribution is 5.90. The molecule has 1 aromatic heterocycles. The fourth-order valence-corrected chi connectivity index (χ4v) is 2.88. The fraction of sp³-hybridized carbons (Fsp3) is 0.444. The molecule has 1 saturated carbocycles. The van der Waals surface area contributed by atoms with Gasteiger partial charge >= 0.3 is 6.03 Å². The maximum atomic E-state index is 12.4. The van der Waals surface area contributed by atoms with Crippen molar-refractivity contribution < 1.29 is 14.1 Å². The highest BCUT2D eigenvalue weighted by Gasteiger charge is 2.19. The van der Waals surface area contributed by atoms with Gasteiger partial charge in [0.25, 0.3) is 0 Å². The predicted molar refractivity (Wildman–Crippen MR) is 91.1 cm³/mol. The molecule has 6 heteroatoms. The largest absolute Gasteiger partial charge is 0.488 e. The summed E-state index contributed by atoms with van der Waals surface area (Å²) in [6, 6.07) is 9.17. The number of aryl methyl sites for hydroxylation is 1. The van der Waals surface area contributed by atoms with Gasteiger partial charge in [0.15, 0.2) is 0 Å². The van der Waals surface area contributed by atoms with Crippen LogP contribution in [-0.4, -0.2) is 29.2 Å². The lowest BCUT2D eigenvalue weighted by Gasteiger charge is -2.20. The first-order valence-corrected chi connectivity index (χ1v) is 8.32. The smallest absolute Gasteiger partial charge is 0.322 e. The minimum absolute atomic E-state index is 0.210. The number of nitrogens with zero attached hydrogens (tertiary/aromatic N) is 2. The van der Waals surface area contributed by atoms with E-state index in [2.05, 4.69) is 10.5 Å². The van der Waals surface area contributed by atoms with Crippen molar-refractivity contribution in [1.82, 2.24) is 10.1 Å². The summed E-state index contributed by atoms with van der Waals surface area (Å²) in [5.74, 6) is 1.46. The number of hydrogen-bond donors (Lipinski definition) is 1. The lowest BCUT2D eigenvalue weighted by Crippen LogP contribution is -2.31. The minimum Gasteiger partial charge on any atom is -0.488 e. The quantitative estimate of drug-likeness (QED) is 0.901. The zero-order valence-electron chi connectivity index (χ0n) is 14.1. The predicted octanol–water partition coefficient (Wildman–Crippen LogP) is 3.97. The Morgan fingerprint density at radius 1 is 1.38 bits per heavy atom. The van der Waals surface area contributed by atoms with E-state index >= 15 is 0 Å². The van der Waals surface area contributed by atoms with Gasteiger partial charge in [-0.15, -0.1) is 0 Å². The fourth-order valence-electron chi connectivity index (χ4n) is 2.88. The Balaban J connectivity index is 1.62. The average Bonchev–Trinajstić information content (AvgIpc) is 3.21. The number of anilines is 1. The Hall–Kier alpha value is -2.50. The minimum atomic E-state index is -0.210. The van der Waals surface area contributed by atoms with E-state index in [0.717, 1.165) is 30.0 Å². The van der Waals surface area contributed by atoms with Gasteiger partial charge in [0.1, 0.15) is 17.2 Å². The van der Waals surface area contributed by atoms with Crippen molar-refractivity contribution in [3.63, 3.8) is 0 Å². The van der Waals surface area contributed by atoms with E-state index in [0.29, 0.717) is 12.2 Å². The third-order valence-corrected chi connectivity index (χ3v) is 4.15. The van der Waals surface area contributed by atoms with Crippen LogP contribution in [0.4, 0.5) is 10.5 Å². The maximum Gasteiger partial charge on any atom is 0.322 e. The summed E-state index contributed by atoms with van der Waals surface area (Å²) in [4.78, 5) is 14.0. The number of aromatic nitrogens is 1. The van der Waals surface area contributed by atoms with Gasteiger partial charge in [0, 0.05) is 13.1 Å². The number of carbonyl (C=O) groups is 1. The molecule has 1 aliphatic carbocycles. The molecule has 0 radical (unpaired) electrons. The summed E-state index contributed by atoms with van der Waals surface area (Å²) in [5.41, 5.74) is 1.42. The molecule has 6 nitrogen and oxygen atoms in total. The number of rotatable bonds is 5. The van der Waals surface area contributed by atoms with Crippen LogP contribution in [-0.2, 0) is 6.54 Å². The van der Waals surface area contributed by atoms with E-state index in [9.17, 15) is 4.79 Å². The van der Waals surface area contributed by atoms with Crippen LogP contribution in [0.5, 0.6) is 5.75 Å². The molecular formula is C18H23N3O3. The second-order valence-corrected chi connectivity index (χ2v) is 6.24. The van der Waals surface area contributed by atoms with Gasteiger partial charge in [-0.1, -0.05) is 17.3 Å². The van der Waals surface area contributed by atoms with Crippen molar-refractivity contribution in [1.29, 1.82) is 0 Å². The first kappa shape index (κ1) is 16.4. The Kier molecular flexibility index (Phi) is 5.03. The van der Waals surface area contributed by atoms with Crippen LogP contribution >= 0.6 is 0 Å². The number of benzene rings is 1. The molecule has 0 saturated heterocycles. The summed E-state index contributed by atoms with van der Waals surface area (Å²) in [6.07, 6.45) is 4.82. The Morgan fingerprint density at radius 3 is 2.83 bits per heavy atom. The van der Waals surface area contributed by atoms with Crippen LogP contribution in [0.15, 0.2) is 34.9 Å². The Labute approximate surface area is 141 Å². The zero-order chi connectivity index (χ0) is 16.9. The van der Waals surface area contributed by atoms with E-state index in [4.69, 9.17) is 9.26 Å². The summed E-state index contributed by atoms with van der Waals surface area (Å²) < 4.78 is 11.1. The number of urea groups is 1. The molecule has 0 unspecified atom stereocenters. The van der Waals surface area contributed by atoms with Gasteiger partial charge in [-0.3, -0.25) is 0 Å². The number of nitrogens with one attached hydrogen (secondary N) is 1. The summed E-state index contributed by atoms with van der Waals surface area (Å²) in [5, 5.41) is 6.82. The van der Waals surface area contributed by atoms with Crippen LogP contribution < -0.4 is 10.1 Å². The first-order chi connectivity index (χ1) is 11.6. The summed E-state index contributed by atoms with van der Waals surface area (Å²) in [7, 11) is 1.72. The normalized spacial score (nSPS) is 14.6. The zero-order valence-corrected chi connectivity index (χ0v) is 14.1. The van der Waals surface area contributed by atoms with Crippen molar-refractivity contribution >= 4 is 11.7 Å². The third-order valence-electron chi connectivity index (χ3n) is 4.15. The maximum absolute atomic E-state index is 12.4. The molecule has 24 heavy (non-hydrogen) atoms. The van der Waals surface area contributed by atoms with E-state index in [1.165, 1.54) is 12.8 Å². The molecule has 1 N–H and O–H groups in total. The monoisotopic (exact) mass is 329 g/mol. The number of carbonyl (C=O) groups excluding carboxylic acids is 1. The van der Waals surface area contributed by atoms with Crippen molar-refractivity contribution in [2.45, 2.75) is 45.3 Å². The highest BCUT2D eigenvalue weighted by atomic mass is 16.5. The molecule has 3 rings (SSSR count). The van der Waals surface area contributed by atoms with Crippen molar-refractivity contribution in [2.75, 3.05) is 12.4 Å². The summed E-state index contributed by atoms with van der Waals surface area (Å²) in [6.45, 7) is 2.21. The molecule has 1 aliphatic rings. The molecule has 128 valence electrons. The molecule has 1 heterocycles. The second-order valence-electron chi connectivity index (χ2n) is 6.24. The lowest BCUT2D eigenvalue weighted by molar-refractivity contribution is 0.209. The molecular weight excluding hydrogens is 306 g/mol. The van der Waals surface area contributed by atoms with Gasteiger partial charge in [0.2, 0.25) is 0 Å². The third kappa shape index (κ3) is 4.07. The molecule has 0 atom stereocenters. The van der Waals surface area contributed by atoms with Gasteiger partial charge < -0.3 is 19.5 Å². The van der Waals surface area contributed by atoms with Crippen molar-refractivity contribution in [2.24, 2.45) is 0 Å². The van der Waals surface area contributed by atoms with Crippen molar-refractivity contribution in [3.05, 3.63) is 41.8 Å². The van der Waals surface area contributed by atoms with Gasteiger partial charge in [-0.25, -0.2) is 4.79 Å².